The van der Waals surface area contributed by atoms with E-state index < -0.39 is 23.4 Å². The van der Waals surface area contributed by atoms with Crippen LogP contribution in [0.4, 0.5) is 23.7 Å². The zero-order chi connectivity index (χ0) is 45.4. The van der Waals surface area contributed by atoms with Crippen LogP contribution in [0.25, 0.3) is 17.1 Å². The summed E-state index contributed by atoms with van der Waals surface area (Å²) in [7, 11) is 2.92. The number of piperazine rings is 1. The number of aromatic nitrogens is 5. The highest BCUT2D eigenvalue weighted by atomic mass is 35.5. The second-order valence-electron chi connectivity index (χ2n) is 15.2. The highest BCUT2D eigenvalue weighted by Gasteiger charge is 2.39. The summed E-state index contributed by atoms with van der Waals surface area (Å²) in [5.74, 6) is -1.01. The number of nitrogens with zero attached hydrogens (tertiary/aromatic N) is 8. The number of likely N-dealkylation sites (tertiary alicyclic amines) is 1. The summed E-state index contributed by atoms with van der Waals surface area (Å²) in [6, 6.07) is 7.35. The minimum absolute atomic E-state index is 0.00146. The van der Waals surface area contributed by atoms with E-state index in [2.05, 4.69) is 20.4 Å². The quantitative estimate of drug-likeness (QED) is 0.155. The number of pyridine rings is 1. The zero-order valence-electron chi connectivity index (χ0n) is 34.6. The molecule has 5 heterocycles. The SMILES string of the molecule is COCCOc1ccc(-n2cc(-c3cnc(C(=O)Nc4ccc(C(=O)N5CCN(C(=O)C6CCN(C(=O)OC(C)(C)C)CC6)CC5)c(Cl)c4)n3C)c(C(F)(F)F)n2)nc1.O=CO. The van der Waals surface area contributed by atoms with Gasteiger partial charge in [0.15, 0.2) is 17.3 Å². The van der Waals surface area contributed by atoms with Gasteiger partial charge in [-0.1, -0.05) is 11.6 Å². The summed E-state index contributed by atoms with van der Waals surface area (Å²) in [5, 5.41) is 13.4. The lowest BCUT2D eigenvalue weighted by atomic mass is 9.95. The third kappa shape index (κ3) is 11.6. The molecule has 2 saturated heterocycles. The van der Waals surface area contributed by atoms with Gasteiger partial charge in [-0.15, -0.1) is 0 Å². The summed E-state index contributed by atoms with van der Waals surface area (Å²) in [6.07, 6.45) is -0.521. The van der Waals surface area contributed by atoms with Crippen LogP contribution in [0.2, 0.25) is 5.02 Å². The van der Waals surface area contributed by atoms with Crippen molar-refractivity contribution < 1.29 is 56.5 Å². The number of imidazole rings is 1. The Morgan fingerprint density at radius 3 is 2.18 bits per heavy atom. The minimum Gasteiger partial charge on any atom is -0.490 e. The number of nitrogens with one attached hydrogen (secondary N) is 1. The molecule has 0 aliphatic carbocycles. The minimum atomic E-state index is -4.85. The standard InChI is InChI=1S/C39H45ClF3N9O7.CH2O2/c1-38(2,3)59-37(56)51-12-10-24(11-13-51)35(54)49-14-16-50(17-15-49)36(55)27-8-6-25(20-29(27)40)46-34(53)33-45-22-30(48(33)4)28-23-52(47-32(28)39(41,42)43)31-9-7-26(21-44-31)58-19-18-57-5;2-1-3/h6-9,20-24H,10-19H2,1-5H3,(H,46,53);1H,(H,2,3). The first-order valence-corrected chi connectivity index (χ1v) is 19.7. The number of hydrogen-bond acceptors (Lipinski definition) is 11. The van der Waals surface area contributed by atoms with E-state index in [1.807, 2.05) is 0 Å². The predicted octanol–water partition coefficient (Wildman–Crippen LogP) is 5.25. The number of hydrogen-bond donors (Lipinski definition) is 2. The highest BCUT2D eigenvalue weighted by Crippen LogP contribution is 2.37. The number of anilines is 1. The molecule has 3 aromatic heterocycles. The monoisotopic (exact) mass is 889 g/mol. The Morgan fingerprint density at radius 2 is 1.60 bits per heavy atom. The van der Waals surface area contributed by atoms with Gasteiger partial charge >= 0.3 is 12.3 Å². The Morgan fingerprint density at radius 1 is 0.935 bits per heavy atom. The smallest absolute Gasteiger partial charge is 0.435 e. The number of rotatable bonds is 10. The van der Waals surface area contributed by atoms with Crippen LogP contribution < -0.4 is 10.1 Å². The molecule has 0 bridgehead atoms. The van der Waals surface area contributed by atoms with Gasteiger partial charge in [0.25, 0.3) is 18.3 Å². The van der Waals surface area contributed by atoms with E-state index in [0.717, 1.165) is 17.1 Å². The number of amides is 4. The average Bonchev–Trinajstić information content (AvgIpc) is 3.85. The van der Waals surface area contributed by atoms with Crippen LogP contribution >= 0.6 is 11.6 Å². The van der Waals surface area contributed by atoms with Crippen molar-refractivity contribution in [3.63, 3.8) is 0 Å². The molecule has 1 aromatic carbocycles. The van der Waals surface area contributed by atoms with Gasteiger partial charge in [-0.05, 0) is 63.9 Å². The van der Waals surface area contributed by atoms with Crippen molar-refractivity contribution >= 4 is 47.6 Å². The number of carboxylic acid groups (broad SMARTS) is 1. The first-order chi connectivity index (χ1) is 29.3. The van der Waals surface area contributed by atoms with Crippen molar-refractivity contribution in [2.45, 2.75) is 45.4 Å². The molecule has 334 valence electrons. The maximum absolute atomic E-state index is 14.2. The molecule has 0 atom stereocenters. The van der Waals surface area contributed by atoms with Crippen LogP contribution in [0.3, 0.4) is 0 Å². The largest absolute Gasteiger partial charge is 0.490 e. The van der Waals surface area contributed by atoms with E-state index in [-0.39, 0.29) is 76.1 Å². The number of halogens is 4. The van der Waals surface area contributed by atoms with Crippen molar-refractivity contribution in [3.05, 3.63) is 71.0 Å². The van der Waals surface area contributed by atoms with Gasteiger partial charge in [0, 0.05) is 71.2 Å². The normalized spacial score (nSPS) is 14.8. The topological polar surface area (TPSA) is 204 Å². The fourth-order valence-electron chi connectivity index (χ4n) is 6.74. The third-order valence-corrected chi connectivity index (χ3v) is 10.1. The van der Waals surface area contributed by atoms with Crippen LogP contribution in [0.5, 0.6) is 5.75 Å². The first kappa shape index (κ1) is 46.8. The van der Waals surface area contributed by atoms with E-state index >= 15 is 0 Å². The maximum Gasteiger partial charge on any atom is 0.435 e. The van der Waals surface area contributed by atoms with Crippen LogP contribution in [0.15, 0.2) is 48.9 Å². The van der Waals surface area contributed by atoms with E-state index in [9.17, 15) is 32.3 Å². The Balaban J connectivity index is 0.00000235. The van der Waals surface area contributed by atoms with Crippen molar-refractivity contribution in [1.82, 2.24) is 39.0 Å². The molecule has 6 rings (SSSR count). The molecule has 4 aromatic rings. The molecule has 0 radical (unpaired) electrons. The lowest BCUT2D eigenvalue weighted by Crippen LogP contribution is -2.53. The van der Waals surface area contributed by atoms with Gasteiger partial charge in [0.05, 0.1) is 40.8 Å². The Labute approximate surface area is 359 Å². The van der Waals surface area contributed by atoms with E-state index in [1.165, 1.54) is 49.2 Å². The van der Waals surface area contributed by atoms with Crippen molar-refractivity contribution in [1.29, 1.82) is 0 Å². The van der Waals surface area contributed by atoms with Crippen molar-refractivity contribution in [2.75, 3.05) is 64.9 Å². The number of benzene rings is 1. The number of alkyl halides is 3. The molecule has 2 N–H and O–H groups in total. The Bertz CT molecular complexity index is 2230. The van der Waals surface area contributed by atoms with Crippen LogP contribution in [0, 0.1) is 5.92 Å². The van der Waals surface area contributed by atoms with Crippen molar-refractivity contribution in [2.24, 2.45) is 13.0 Å². The molecule has 0 saturated carbocycles. The molecular weight excluding hydrogens is 843 g/mol. The molecule has 22 heteroatoms. The highest BCUT2D eigenvalue weighted by molar-refractivity contribution is 6.34. The molecule has 4 amide bonds. The van der Waals surface area contributed by atoms with E-state index in [1.54, 1.807) is 41.5 Å². The second-order valence-corrected chi connectivity index (χ2v) is 15.6. The summed E-state index contributed by atoms with van der Waals surface area (Å²) in [4.78, 5) is 74.1. The average molecular weight is 890 g/mol. The number of methoxy groups -OCH3 is 1. The Kier molecular flexibility index (Phi) is 15.2. The number of carbonyl (C=O) groups excluding carboxylic acids is 4. The summed E-state index contributed by atoms with van der Waals surface area (Å²) >= 11 is 6.53. The zero-order valence-corrected chi connectivity index (χ0v) is 35.4. The third-order valence-electron chi connectivity index (χ3n) is 9.79. The lowest BCUT2D eigenvalue weighted by Gasteiger charge is -2.38. The molecule has 18 nitrogen and oxygen atoms in total. The number of ether oxygens (including phenoxy) is 3. The maximum atomic E-state index is 14.2. The van der Waals surface area contributed by atoms with Gasteiger partial charge in [-0.25, -0.2) is 19.4 Å². The molecule has 2 fully saturated rings. The summed E-state index contributed by atoms with van der Waals surface area (Å²) in [5.41, 5.74) is -1.75. The number of carbonyl (C=O) groups is 5. The molecule has 62 heavy (non-hydrogen) atoms. The van der Waals surface area contributed by atoms with Crippen LogP contribution in [0.1, 0.15) is 60.3 Å². The fraction of sp³-hybridized carbons (Fsp3) is 0.450. The van der Waals surface area contributed by atoms with Gasteiger partial charge < -0.3 is 43.9 Å². The van der Waals surface area contributed by atoms with E-state index in [0.29, 0.717) is 64.5 Å². The molecular formula is C40H47ClF3N9O9. The van der Waals surface area contributed by atoms with Crippen LogP contribution in [-0.2, 0) is 32.3 Å². The number of piperidine rings is 1. The van der Waals surface area contributed by atoms with Crippen molar-refractivity contribution in [3.8, 4) is 22.8 Å². The molecule has 2 aliphatic heterocycles. The first-order valence-electron chi connectivity index (χ1n) is 19.4. The summed E-state index contributed by atoms with van der Waals surface area (Å²) < 4.78 is 60.7. The molecule has 2 aliphatic rings. The second kappa shape index (κ2) is 20.1. The predicted molar refractivity (Wildman–Crippen MR) is 217 cm³/mol. The van der Waals surface area contributed by atoms with E-state index in [4.69, 9.17) is 35.7 Å². The van der Waals surface area contributed by atoms with Crippen LogP contribution in [-0.4, -0.2) is 140 Å². The summed E-state index contributed by atoms with van der Waals surface area (Å²) in [6.45, 7) is 7.91. The van der Waals surface area contributed by atoms with Gasteiger partial charge in [-0.3, -0.25) is 19.2 Å². The Hall–Kier alpha value is -6.22. The van der Waals surface area contributed by atoms with Gasteiger partial charge in [-0.2, -0.15) is 18.3 Å². The van der Waals surface area contributed by atoms with Gasteiger partial charge in [0.1, 0.15) is 18.0 Å². The molecule has 0 unspecified atom stereocenters. The molecule has 0 spiro atoms. The van der Waals surface area contributed by atoms with Gasteiger partial charge in [0.2, 0.25) is 5.91 Å². The lowest BCUT2D eigenvalue weighted by molar-refractivity contribution is -0.141. The fourth-order valence-corrected chi connectivity index (χ4v) is 7.00.